The Balaban J connectivity index is 1.39. The van der Waals surface area contributed by atoms with E-state index in [2.05, 4.69) is 15.1 Å². The van der Waals surface area contributed by atoms with Crippen LogP contribution < -0.4 is 10.1 Å². The van der Waals surface area contributed by atoms with Crippen LogP contribution in [-0.4, -0.2) is 80.8 Å². The first-order valence-corrected chi connectivity index (χ1v) is 10.7. The molecular weight excluding hydrogens is 366 g/mol. The molecule has 29 heavy (non-hydrogen) atoms. The lowest BCUT2D eigenvalue weighted by molar-refractivity contribution is 0.0343. The van der Waals surface area contributed by atoms with Gasteiger partial charge in [-0.25, -0.2) is 0 Å². The van der Waals surface area contributed by atoms with Crippen LogP contribution in [0.5, 0.6) is 5.75 Å². The molecule has 1 N–H and O–H groups in total. The Morgan fingerprint density at radius 3 is 2.72 bits per heavy atom. The molecule has 0 spiro atoms. The molecule has 0 saturated carbocycles. The van der Waals surface area contributed by atoms with Crippen LogP contribution in [0.15, 0.2) is 36.4 Å². The van der Waals surface area contributed by atoms with Crippen molar-refractivity contribution in [2.45, 2.75) is 19.4 Å². The Morgan fingerprint density at radius 2 is 1.90 bits per heavy atom. The van der Waals surface area contributed by atoms with Crippen LogP contribution in [0.4, 0.5) is 0 Å². The van der Waals surface area contributed by atoms with Gasteiger partial charge in [-0.3, -0.25) is 14.6 Å². The molecule has 2 aromatic rings. The quantitative estimate of drug-likeness (QED) is 0.777. The maximum absolute atomic E-state index is 13.2. The lowest BCUT2D eigenvalue weighted by atomic mass is 10.0. The second kappa shape index (κ2) is 9.57. The Morgan fingerprint density at radius 1 is 1.10 bits per heavy atom. The monoisotopic (exact) mass is 397 g/mol. The van der Waals surface area contributed by atoms with E-state index in [0.717, 1.165) is 69.7 Å². The number of likely N-dealkylation sites (tertiary alicyclic amines) is 1. The molecule has 2 aromatic carbocycles. The molecule has 0 aliphatic carbocycles. The number of amides is 1. The van der Waals surface area contributed by atoms with Gasteiger partial charge in [-0.15, -0.1) is 0 Å². The van der Waals surface area contributed by atoms with Gasteiger partial charge in [0.2, 0.25) is 0 Å². The fourth-order valence-electron chi connectivity index (χ4n) is 4.28. The lowest BCUT2D eigenvalue weighted by Crippen LogP contribution is -2.42. The maximum atomic E-state index is 13.2. The van der Waals surface area contributed by atoms with E-state index < -0.39 is 0 Å². The van der Waals surface area contributed by atoms with Crippen molar-refractivity contribution < 1.29 is 14.3 Å². The van der Waals surface area contributed by atoms with E-state index in [1.807, 2.05) is 43.3 Å². The zero-order valence-corrected chi connectivity index (χ0v) is 17.2. The first-order chi connectivity index (χ1) is 14.2. The normalized spacial score (nSPS) is 20.8. The van der Waals surface area contributed by atoms with Crippen molar-refractivity contribution in [1.82, 2.24) is 15.1 Å². The number of rotatable bonds is 7. The summed E-state index contributed by atoms with van der Waals surface area (Å²) in [6, 6.07) is 12.1. The smallest absolute Gasteiger partial charge is 0.255 e. The number of hydrogen-bond acceptors (Lipinski definition) is 5. The summed E-state index contributed by atoms with van der Waals surface area (Å²) in [6.07, 6.45) is 0.990. The molecule has 6 nitrogen and oxygen atoms in total. The number of ether oxygens (including phenoxy) is 2. The molecule has 1 amide bonds. The fourth-order valence-corrected chi connectivity index (χ4v) is 4.28. The average Bonchev–Trinajstić information content (AvgIpc) is 3.20. The van der Waals surface area contributed by atoms with Crippen LogP contribution in [0, 0.1) is 0 Å². The number of hydrogen-bond donors (Lipinski definition) is 1. The summed E-state index contributed by atoms with van der Waals surface area (Å²) in [5, 5.41) is 5.26. The molecule has 2 aliphatic rings. The topological polar surface area (TPSA) is 54.0 Å². The minimum absolute atomic E-state index is 0.0368. The second-order valence-electron chi connectivity index (χ2n) is 7.81. The van der Waals surface area contributed by atoms with Crippen LogP contribution >= 0.6 is 0 Å². The Bertz CT molecular complexity index is 835. The van der Waals surface area contributed by atoms with E-state index in [1.54, 1.807) is 0 Å². The van der Waals surface area contributed by atoms with Crippen molar-refractivity contribution >= 4 is 16.7 Å². The van der Waals surface area contributed by atoms with Gasteiger partial charge in [0.05, 0.1) is 25.4 Å². The Hall–Kier alpha value is -2.15. The van der Waals surface area contributed by atoms with Gasteiger partial charge in [0.15, 0.2) is 0 Å². The second-order valence-corrected chi connectivity index (χ2v) is 7.81. The summed E-state index contributed by atoms with van der Waals surface area (Å²) in [7, 11) is 0. The third-order valence-corrected chi connectivity index (χ3v) is 5.86. The standard InChI is InChI=1S/C23H31N3O3/c1-2-29-21-8-7-18-5-3-4-6-20(18)22(21)23(27)24-19-9-10-26(17-19)12-11-25-13-15-28-16-14-25/h3-8,19H,2,9-17H2,1H3,(H,24,27). The zero-order valence-electron chi connectivity index (χ0n) is 17.2. The number of morpholine rings is 1. The van der Waals surface area contributed by atoms with Crippen molar-refractivity contribution in [3.8, 4) is 5.75 Å². The van der Waals surface area contributed by atoms with E-state index in [4.69, 9.17) is 9.47 Å². The summed E-state index contributed by atoms with van der Waals surface area (Å²) in [6.45, 7) is 10.3. The number of benzene rings is 2. The van der Waals surface area contributed by atoms with E-state index in [-0.39, 0.29) is 11.9 Å². The highest BCUT2D eigenvalue weighted by molar-refractivity contribution is 6.09. The lowest BCUT2D eigenvalue weighted by Gasteiger charge is -2.28. The average molecular weight is 398 g/mol. The van der Waals surface area contributed by atoms with Crippen LogP contribution in [0.2, 0.25) is 0 Å². The molecule has 6 heteroatoms. The molecule has 0 radical (unpaired) electrons. The summed E-state index contributed by atoms with van der Waals surface area (Å²) < 4.78 is 11.2. The highest BCUT2D eigenvalue weighted by atomic mass is 16.5. The van der Waals surface area contributed by atoms with Crippen LogP contribution in [-0.2, 0) is 4.74 Å². The molecule has 0 aromatic heterocycles. The zero-order chi connectivity index (χ0) is 20.1. The molecule has 4 rings (SSSR count). The predicted molar refractivity (Wildman–Crippen MR) is 115 cm³/mol. The van der Waals surface area contributed by atoms with Gasteiger partial charge in [0.25, 0.3) is 5.91 Å². The molecule has 2 heterocycles. The SMILES string of the molecule is CCOc1ccc2ccccc2c1C(=O)NC1CCN(CCN2CCOCC2)C1. The Labute approximate surface area is 172 Å². The summed E-state index contributed by atoms with van der Waals surface area (Å²) in [4.78, 5) is 18.1. The summed E-state index contributed by atoms with van der Waals surface area (Å²) in [5.74, 6) is 0.621. The first kappa shape index (κ1) is 20.1. The third-order valence-electron chi connectivity index (χ3n) is 5.86. The number of carbonyl (C=O) groups excluding carboxylic acids is 1. The van der Waals surface area contributed by atoms with Gasteiger partial charge < -0.3 is 14.8 Å². The van der Waals surface area contributed by atoms with Gasteiger partial charge in [0.1, 0.15) is 5.75 Å². The number of carbonyl (C=O) groups is 1. The molecular formula is C23H31N3O3. The molecule has 156 valence electrons. The predicted octanol–water partition coefficient (Wildman–Crippen LogP) is 2.37. The van der Waals surface area contributed by atoms with E-state index in [9.17, 15) is 4.79 Å². The fraction of sp³-hybridized carbons (Fsp3) is 0.522. The number of nitrogens with zero attached hydrogens (tertiary/aromatic N) is 2. The molecule has 2 fully saturated rings. The molecule has 1 atom stereocenters. The summed E-state index contributed by atoms with van der Waals surface area (Å²) in [5.41, 5.74) is 0.650. The maximum Gasteiger partial charge on any atom is 0.255 e. The van der Waals surface area contributed by atoms with Crippen molar-refractivity contribution in [3.63, 3.8) is 0 Å². The third kappa shape index (κ3) is 4.89. The number of fused-ring (bicyclic) bond motifs is 1. The molecule has 2 aliphatic heterocycles. The van der Waals surface area contributed by atoms with E-state index in [0.29, 0.717) is 17.9 Å². The number of nitrogens with one attached hydrogen (secondary N) is 1. The minimum atomic E-state index is -0.0368. The van der Waals surface area contributed by atoms with Gasteiger partial charge >= 0.3 is 0 Å². The first-order valence-electron chi connectivity index (χ1n) is 10.7. The van der Waals surface area contributed by atoms with Crippen molar-refractivity contribution in [2.24, 2.45) is 0 Å². The highest BCUT2D eigenvalue weighted by Gasteiger charge is 2.26. The molecule has 2 saturated heterocycles. The van der Waals surface area contributed by atoms with E-state index >= 15 is 0 Å². The van der Waals surface area contributed by atoms with Gasteiger partial charge in [0, 0.05) is 45.3 Å². The molecule has 0 bridgehead atoms. The van der Waals surface area contributed by atoms with Crippen molar-refractivity contribution in [1.29, 1.82) is 0 Å². The van der Waals surface area contributed by atoms with Crippen LogP contribution in [0.25, 0.3) is 10.8 Å². The highest BCUT2D eigenvalue weighted by Crippen LogP contribution is 2.28. The van der Waals surface area contributed by atoms with Crippen molar-refractivity contribution in [3.05, 3.63) is 42.0 Å². The van der Waals surface area contributed by atoms with Gasteiger partial charge in [-0.05, 0) is 30.2 Å². The van der Waals surface area contributed by atoms with Gasteiger partial charge in [-0.1, -0.05) is 30.3 Å². The van der Waals surface area contributed by atoms with Crippen molar-refractivity contribution in [2.75, 3.05) is 59.1 Å². The molecule has 1 unspecified atom stereocenters. The van der Waals surface area contributed by atoms with Gasteiger partial charge in [-0.2, -0.15) is 0 Å². The minimum Gasteiger partial charge on any atom is -0.493 e. The summed E-state index contributed by atoms with van der Waals surface area (Å²) >= 11 is 0. The Kier molecular flexibility index (Phi) is 6.64. The van der Waals surface area contributed by atoms with Crippen LogP contribution in [0.1, 0.15) is 23.7 Å². The van der Waals surface area contributed by atoms with Crippen LogP contribution in [0.3, 0.4) is 0 Å². The van der Waals surface area contributed by atoms with E-state index in [1.165, 1.54) is 0 Å². The largest absolute Gasteiger partial charge is 0.493 e.